The molecule has 1 heterocycles. The quantitative estimate of drug-likeness (QED) is 0.840. The Labute approximate surface area is 110 Å². The lowest BCUT2D eigenvalue weighted by Crippen LogP contribution is -2.56. The minimum absolute atomic E-state index is 0.0908. The van der Waals surface area contributed by atoms with Crippen LogP contribution >= 0.6 is 0 Å². The Morgan fingerprint density at radius 2 is 2.26 bits per heavy atom. The third-order valence-corrected chi connectivity index (χ3v) is 3.49. The fraction of sp³-hybridized carbons (Fsp3) is 0.462. The van der Waals surface area contributed by atoms with Gasteiger partial charge in [0.25, 0.3) is 0 Å². The summed E-state index contributed by atoms with van der Waals surface area (Å²) in [6.07, 6.45) is 0. The lowest BCUT2D eigenvalue weighted by molar-refractivity contribution is -0.186. The summed E-state index contributed by atoms with van der Waals surface area (Å²) in [6.45, 7) is 0.182. The molecular formula is C13H16FNO4. The SMILES string of the molecule is CNC(c1cc(F)ccc1OC)C1(C(=O)O)COC1. The first kappa shape index (κ1) is 13.8. The number of hydrogen-bond acceptors (Lipinski definition) is 4. The molecule has 1 fully saturated rings. The summed E-state index contributed by atoms with van der Waals surface area (Å²) in [5, 5.41) is 12.4. The first-order valence-corrected chi connectivity index (χ1v) is 5.87. The second-order valence-electron chi connectivity index (χ2n) is 4.56. The van der Waals surface area contributed by atoms with Gasteiger partial charge in [-0.1, -0.05) is 0 Å². The van der Waals surface area contributed by atoms with Crippen molar-refractivity contribution in [2.45, 2.75) is 6.04 Å². The fourth-order valence-electron chi connectivity index (χ4n) is 2.40. The summed E-state index contributed by atoms with van der Waals surface area (Å²) in [5.74, 6) is -0.950. The van der Waals surface area contributed by atoms with Crippen LogP contribution in [0, 0.1) is 11.2 Å². The minimum atomic E-state index is -1.09. The minimum Gasteiger partial charge on any atom is -0.496 e. The number of halogens is 1. The number of rotatable bonds is 5. The van der Waals surface area contributed by atoms with Gasteiger partial charge in [-0.05, 0) is 25.2 Å². The topological polar surface area (TPSA) is 67.8 Å². The maximum Gasteiger partial charge on any atom is 0.316 e. The number of ether oxygens (including phenoxy) is 2. The molecule has 1 aliphatic rings. The second kappa shape index (κ2) is 5.14. The smallest absolute Gasteiger partial charge is 0.316 e. The Hall–Kier alpha value is -1.66. The molecule has 104 valence electrons. The van der Waals surface area contributed by atoms with Gasteiger partial charge in [0.05, 0.1) is 26.4 Å². The van der Waals surface area contributed by atoms with Crippen LogP contribution in [0.15, 0.2) is 18.2 Å². The van der Waals surface area contributed by atoms with Gasteiger partial charge in [-0.2, -0.15) is 0 Å². The number of methoxy groups -OCH3 is 1. The van der Waals surface area contributed by atoms with Crippen LogP contribution in [0.5, 0.6) is 5.75 Å². The molecule has 5 nitrogen and oxygen atoms in total. The molecule has 0 radical (unpaired) electrons. The molecular weight excluding hydrogens is 253 g/mol. The molecule has 2 rings (SSSR count). The monoisotopic (exact) mass is 269 g/mol. The van der Waals surface area contributed by atoms with Crippen molar-refractivity contribution in [3.63, 3.8) is 0 Å². The molecule has 1 aromatic rings. The van der Waals surface area contributed by atoms with Crippen molar-refractivity contribution in [1.82, 2.24) is 5.32 Å². The van der Waals surface area contributed by atoms with E-state index in [1.165, 1.54) is 25.3 Å². The molecule has 0 bridgehead atoms. The average Bonchev–Trinajstić information content (AvgIpc) is 2.32. The Bertz CT molecular complexity index is 488. The zero-order chi connectivity index (χ0) is 14.0. The second-order valence-corrected chi connectivity index (χ2v) is 4.56. The number of aliphatic carboxylic acids is 1. The van der Waals surface area contributed by atoms with Gasteiger partial charge in [-0.3, -0.25) is 4.79 Å². The zero-order valence-electron chi connectivity index (χ0n) is 10.8. The lowest BCUT2D eigenvalue weighted by Gasteiger charge is -2.43. The molecule has 6 heteroatoms. The number of nitrogens with one attached hydrogen (secondary N) is 1. The van der Waals surface area contributed by atoms with E-state index >= 15 is 0 Å². The number of carbonyl (C=O) groups is 1. The molecule has 1 aromatic carbocycles. The summed E-state index contributed by atoms with van der Waals surface area (Å²) in [4.78, 5) is 11.5. The number of benzene rings is 1. The van der Waals surface area contributed by atoms with Gasteiger partial charge >= 0.3 is 5.97 Å². The number of carboxylic acid groups (broad SMARTS) is 1. The van der Waals surface area contributed by atoms with Gasteiger partial charge in [0.2, 0.25) is 0 Å². The van der Waals surface area contributed by atoms with Crippen molar-refractivity contribution >= 4 is 5.97 Å². The van der Waals surface area contributed by atoms with Crippen LogP contribution in [-0.4, -0.2) is 38.4 Å². The highest BCUT2D eigenvalue weighted by Gasteiger charge is 2.53. The predicted octanol–water partition coefficient (Wildman–Crippen LogP) is 1.20. The van der Waals surface area contributed by atoms with E-state index in [0.29, 0.717) is 11.3 Å². The highest BCUT2D eigenvalue weighted by Crippen LogP contribution is 2.43. The largest absolute Gasteiger partial charge is 0.496 e. The highest BCUT2D eigenvalue weighted by molar-refractivity contribution is 5.77. The standard InChI is InChI=1S/C13H16FNO4/c1-15-11(13(12(16)17)6-19-7-13)9-5-8(14)3-4-10(9)18-2/h3-5,11,15H,6-7H2,1-2H3,(H,16,17). The van der Waals surface area contributed by atoms with Crippen molar-refractivity contribution in [3.8, 4) is 5.75 Å². The van der Waals surface area contributed by atoms with E-state index in [9.17, 15) is 14.3 Å². The van der Waals surface area contributed by atoms with Crippen molar-refractivity contribution < 1.29 is 23.8 Å². The molecule has 0 aromatic heterocycles. The van der Waals surface area contributed by atoms with Crippen LogP contribution in [0.3, 0.4) is 0 Å². The molecule has 1 atom stereocenters. The number of carboxylic acids is 1. The van der Waals surface area contributed by atoms with Crippen LogP contribution in [0.4, 0.5) is 4.39 Å². The van der Waals surface area contributed by atoms with E-state index in [0.717, 1.165) is 0 Å². The molecule has 19 heavy (non-hydrogen) atoms. The van der Waals surface area contributed by atoms with Crippen LogP contribution in [0.1, 0.15) is 11.6 Å². The Morgan fingerprint density at radius 3 is 2.68 bits per heavy atom. The summed E-state index contributed by atoms with van der Waals surface area (Å²) in [5.41, 5.74) is -0.605. The van der Waals surface area contributed by atoms with Gasteiger partial charge in [0.15, 0.2) is 0 Å². The normalized spacial score (nSPS) is 18.5. The lowest BCUT2D eigenvalue weighted by atomic mass is 9.75. The van der Waals surface area contributed by atoms with E-state index in [1.807, 2.05) is 0 Å². The average molecular weight is 269 g/mol. The fourth-order valence-corrected chi connectivity index (χ4v) is 2.40. The van der Waals surface area contributed by atoms with Gasteiger partial charge in [-0.15, -0.1) is 0 Å². The molecule has 0 amide bonds. The predicted molar refractivity (Wildman–Crippen MR) is 65.6 cm³/mol. The van der Waals surface area contributed by atoms with Crippen molar-refractivity contribution in [3.05, 3.63) is 29.6 Å². The molecule has 0 spiro atoms. The van der Waals surface area contributed by atoms with Gasteiger partial charge < -0.3 is 19.9 Å². The molecule has 1 saturated heterocycles. The van der Waals surface area contributed by atoms with E-state index in [1.54, 1.807) is 7.05 Å². The molecule has 1 aliphatic heterocycles. The van der Waals surface area contributed by atoms with Gasteiger partial charge in [0, 0.05) is 5.56 Å². The highest BCUT2D eigenvalue weighted by atomic mass is 19.1. The van der Waals surface area contributed by atoms with Crippen LogP contribution in [0.2, 0.25) is 0 Å². The van der Waals surface area contributed by atoms with Crippen LogP contribution in [0.25, 0.3) is 0 Å². The maximum atomic E-state index is 13.4. The summed E-state index contributed by atoms with van der Waals surface area (Å²) in [7, 11) is 3.10. The van der Waals surface area contributed by atoms with E-state index in [-0.39, 0.29) is 13.2 Å². The Morgan fingerprint density at radius 1 is 1.58 bits per heavy atom. The molecule has 2 N–H and O–H groups in total. The zero-order valence-corrected chi connectivity index (χ0v) is 10.8. The van der Waals surface area contributed by atoms with Crippen LogP contribution in [-0.2, 0) is 9.53 Å². The molecule has 1 unspecified atom stereocenters. The number of hydrogen-bond donors (Lipinski definition) is 2. The molecule has 0 saturated carbocycles. The Balaban J connectivity index is 2.47. The van der Waals surface area contributed by atoms with Crippen LogP contribution < -0.4 is 10.1 Å². The summed E-state index contributed by atoms with van der Waals surface area (Å²) < 4.78 is 23.7. The first-order valence-electron chi connectivity index (χ1n) is 5.87. The van der Waals surface area contributed by atoms with Crippen molar-refractivity contribution in [2.24, 2.45) is 5.41 Å². The summed E-state index contributed by atoms with van der Waals surface area (Å²) >= 11 is 0. The maximum absolute atomic E-state index is 13.4. The Kier molecular flexibility index (Phi) is 3.73. The van der Waals surface area contributed by atoms with Crippen molar-refractivity contribution in [2.75, 3.05) is 27.4 Å². The van der Waals surface area contributed by atoms with Gasteiger partial charge in [-0.25, -0.2) is 4.39 Å². The third-order valence-electron chi connectivity index (χ3n) is 3.49. The summed E-state index contributed by atoms with van der Waals surface area (Å²) in [6, 6.07) is 3.48. The van der Waals surface area contributed by atoms with E-state index < -0.39 is 23.2 Å². The van der Waals surface area contributed by atoms with Crippen molar-refractivity contribution in [1.29, 1.82) is 0 Å². The third kappa shape index (κ3) is 2.17. The van der Waals surface area contributed by atoms with E-state index in [4.69, 9.17) is 9.47 Å². The molecule has 0 aliphatic carbocycles. The van der Waals surface area contributed by atoms with E-state index in [2.05, 4.69) is 5.32 Å². The first-order chi connectivity index (χ1) is 9.05. The van der Waals surface area contributed by atoms with Gasteiger partial charge in [0.1, 0.15) is 17.0 Å².